The molecular weight excluding hydrogens is 228 g/mol. The molecule has 2 nitrogen and oxygen atoms in total. The standard InChI is InChI=1S/C11H13ClN2S/c12-11-6-9(7-14)2-3-10(11)8-15-5-1-4-13/h2-3,6H,1,4-5,8,13H2. The first-order chi connectivity index (χ1) is 7.27. The van der Waals surface area contributed by atoms with E-state index in [0.717, 1.165) is 30.0 Å². The zero-order valence-electron chi connectivity index (χ0n) is 8.37. The highest BCUT2D eigenvalue weighted by Crippen LogP contribution is 2.22. The van der Waals surface area contributed by atoms with E-state index in [4.69, 9.17) is 22.6 Å². The fourth-order valence-corrected chi connectivity index (χ4v) is 2.41. The Morgan fingerprint density at radius 3 is 2.87 bits per heavy atom. The molecule has 0 saturated heterocycles. The maximum atomic E-state index is 8.67. The lowest BCUT2D eigenvalue weighted by Crippen LogP contribution is -1.99. The van der Waals surface area contributed by atoms with E-state index in [2.05, 4.69) is 6.07 Å². The lowest BCUT2D eigenvalue weighted by atomic mass is 10.2. The van der Waals surface area contributed by atoms with Crippen LogP contribution in [0.25, 0.3) is 0 Å². The van der Waals surface area contributed by atoms with Crippen LogP contribution in [0, 0.1) is 11.3 Å². The van der Waals surface area contributed by atoms with Gasteiger partial charge in [-0.3, -0.25) is 0 Å². The number of halogens is 1. The molecule has 0 fully saturated rings. The van der Waals surface area contributed by atoms with Crippen molar-refractivity contribution >= 4 is 23.4 Å². The van der Waals surface area contributed by atoms with Crippen LogP contribution in [-0.2, 0) is 5.75 Å². The fourth-order valence-electron chi connectivity index (χ4n) is 1.10. The van der Waals surface area contributed by atoms with Crippen molar-refractivity contribution in [1.82, 2.24) is 0 Å². The van der Waals surface area contributed by atoms with Gasteiger partial charge < -0.3 is 5.73 Å². The molecule has 1 aromatic rings. The molecule has 15 heavy (non-hydrogen) atoms. The summed E-state index contributed by atoms with van der Waals surface area (Å²) in [5.41, 5.74) is 7.09. The summed E-state index contributed by atoms with van der Waals surface area (Å²) in [4.78, 5) is 0. The van der Waals surface area contributed by atoms with Crippen LogP contribution in [0.2, 0.25) is 5.02 Å². The molecular formula is C11H13ClN2S. The Bertz CT molecular complexity index is 360. The van der Waals surface area contributed by atoms with Crippen LogP contribution in [-0.4, -0.2) is 12.3 Å². The number of nitrogens with two attached hydrogens (primary N) is 1. The number of nitriles is 1. The molecule has 2 N–H and O–H groups in total. The van der Waals surface area contributed by atoms with Crippen LogP contribution in [0.4, 0.5) is 0 Å². The second-order valence-electron chi connectivity index (χ2n) is 3.11. The number of hydrogen-bond donors (Lipinski definition) is 1. The third kappa shape index (κ3) is 4.13. The summed E-state index contributed by atoms with van der Waals surface area (Å²) < 4.78 is 0. The van der Waals surface area contributed by atoms with Gasteiger partial charge in [0.25, 0.3) is 0 Å². The first kappa shape index (κ1) is 12.4. The van der Waals surface area contributed by atoms with Gasteiger partial charge in [-0.2, -0.15) is 17.0 Å². The fraction of sp³-hybridized carbons (Fsp3) is 0.364. The maximum absolute atomic E-state index is 8.67. The average molecular weight is 241 g/mol. The number of benzene rings is 1. The SMILES string of the molecule is N#Cc1ccc(CSCCCN)c(Cl)c1. The Hall–Kier alpha value is -0.690. The van der Waals surface area contributed by atoms with Crippen LogP contribution >= 0.6 is 23.4 Å². The highest BCUT2D eigenvalue weighted by atomic mass is 35.5. The summed E-state index contributed by atoms with van der Waals surface area (Å²) in [6.07, 6.45) is 1.03. The zero-order valence-corrected chi connectivity index (χ0v) is 9.94. The van der Waals surface area contributed by atoms with E-state index in [9.17, 15) is 0 Å². The molecule has 1 rings (SSSR count). The molecule has 0 bridgehead atoms. The summed E-state index contributed by atoms with van der Waals surface area (Å²) in [5.74, 6) is 1.93. The Kier molecular flexibility index (Phi) is 5.56. The predicted molar refractivity (Wildman–Crippen MR) is 66.0 cm³/mol. The maximum Gasteiger partial charge on any atom is 0.0992 e. The van der Waals surface area contributed by atoms with E-state index in [1.165, 1.54) is 0 Å². The van der Waals surface area contributed by atoms with Crippen molar-refractivity contribution in [3.8, 4) is 6.07 Å². The summed E-state index contributed by atoms with van der Waals surface area (Å²) >= 11 is 7.84. The molecule has 0 radical (unpaired) electrons. The molecule has 4 heteroatoms. The third-order valence-corrected chi connectivity index (χ3v) is 3.38. The van der Waals surface area contributed by atoms with Crippen LogP contribution < -0.4 is 5.73 Å². The van der Waals surface area contributed by atoms with Crippen molar-refractivity contribution < 1.29 is 0 Å². The second-order valence-corrected chi connectivity index (χ2v) is 4.63. The van der Waals surface area contributed by atoms with Crippen molar-refractivity contribution in [2.45, 2.75) is 12.2 Å². The van der Waals surface area contributed by atoms with Gasteiger partial charge in [0.2, 0.25) is 0 Å². The number of thioether (sulfide) groups is 1. The van der Waals surface area contributed by atoms with Gasteiger partial charge in [0.05, 0.1) is 11.6 Å². The lowest BCUT2D eigenvalue weighted by molar-refractivity contribution is 0.943. The normalized spacial score (nSPS) is 9.93. The first-order valence-corrected chi connectivity index (χ1v) is 6.27. The third-order valence-electron chi connectivity index (χ3n) is 1.93. The van der Waals surface area contributed by atoms with Crippen molar-refractivity contribution in [3.63, 3.8) is 0 Å². The first-order valence-electron chi connectivity index (χ1n) is 4.74. The van der Waals surface area contributed by atoms with Crippen molar-refractivity contribution in [3.05, 3.63) is 34.3 Å². The van der Waals surface area contributed by atoms with Gasteiger partial charge in [0, 0.05) is 10.8 Å². The van der Waals surface area contributed by atoms with Crippen LogP contribution in [0.1, 0.15) is 17.5 Å². The quantitative estimate of drug-likeness (QED) is 0.806. The van der Waals surface area contributed by atoms with E-state index in [-0.39, 0.29) is 0 Å². The van der Waals surface area contributed by atoms with Gasteiger partial charge in [-0.25, -0.2) is 0 Å². The number of hydrogen-bond acceptors (Lipinski definition) is 3. The van der Waals surface area contributed by atoms with Gasteiger partial charge in [0.15, 0.2) is 0 Å². The van der Waals surface area contributed by atoms with Crippen molar-refractivity contribution in [2.75, 3.05) is 12.3 Å². The Morgan fingerprint density at radius 1 is 1.47 bits per heavy atom. The Balaban J connectivity index is 2.52. The van der Waals surface area contributed by atoms with E-state index in [1.807, 2.05) is 17.8 Å². The van der Waals surface area contributed by atoms with Gasteiger partial charge in [-0.1, -0.05) is 17.7 Å². The molecule has 0 spiro atoms. The molecule has 0 aliphatic carbocycles. The molecule has 0 aliphatic heterocycles. The smallest absolute Gasteiger partial charge is 0.0992 e. The molecule has 0 atom stereocenters. The highest BCUT2D eigenvalue weighted by Gasteiger charge is 2.01. The molecule has 80 valence electrons. The average Bonchev–Trinajstić information content (AvgIpc) is 2.26. The molecule has 0 aromatic heterocycles. The number of rotatable bonds is 5. The minimum atomic E-state index is 0.607. The van der Waals surface area contributed by atoms with Gasteiger partial charge >= 0.3 is 0 Å². The Morgan fingerprint density at radius 2 is 2.27 bits per heavy atom. The monoisotopic (exact) mass is 240 g/mol. The van der Waals surface area contributed by atoms with Crippen molar-refractivity contribution in [1.29, 1.82) is 5.26 Å². The molecule has 0 aliphatic rings. The largest absolute Gasteiger partial charge is 0.330 e. The minimum absolute atomic E-state index is 0.607. The summed E-state index contributed by atoms with van der Waals surface area (Å²) in [6.45, 7) is 0.730. The molecule has 1 aromatic carbocycles. The van der Waals surface area contributed by atoms with E-state index in [0.29, 0.717) is 10.6 Å². The summed E-state index contributed by atoms with van der Waals surface area (Å²) in [5, 5.41) is 9.35. The van der Waals surface area contributed by atoms with Crippen LogP contribution in [0.5, 0.6) is 0 Å². The predicted octanol–water partition coefficient (Wildman–Crippen LogP) is 2.79. The van der Waals surface area contributed by atoms with E-state index >= 15 is 0 Å². The molecule has 0 saturated carbocycles. The van der Waals surface area contributed by atoms with Gasteiger partial charge in [-0.15, -0.1) is 0 Å². The van der Waals surface area contributed by atoms with Crippen LogP contribution in [0.3, 0.4) is 0 Å². The zero-order chi connectivity index (χ0) is 11.1. The molecule has 0 heterocycles. The minimum Gasteiger partial charge on any atom is -0.330 e. The molecule has 0 unspecified atom stereocenters. The number of nitrogens with zero attached hydrogens (tertiary/aromatic N) is 1. The Labute approximate surface area is 99.4 Å². The summed E-state index contributed by atoms with van der Waals surface area (Å²) in [6, 6.07) is 7.48. The highest BCUT2D eigenvalue weighted by molar-refractivity contribution is 7.98. The van der Waals surface area contributed by atoms with E-state index < -0.39 is 0 Å². The molecule has 0 amide bonds. The van der Waals surface area contributed by atoms with Gasteiger partial charge in [-0.05, 0) is 36.4 Å². The van der Waals surface area contributed by atoms with Crippen LogP contribution in [0.15, 0.2) is 18.2 Å². The second kappa shape index (κ2) is 6.73. The van der Waals surface area contributed by atoms with Crippen molar-refractivity contribution in [2.24, 2.45) is 5.73 Å². The van der Waals surface area contributed by atoms with E-state index in [1.54, 1.807) is 12.1 Å². The summed E-state index contributed by atoms with van der Waals surface area (Å²) in [7, 11) is 0. The topological polar surface area (TPSA) is 49.8 Å². The lowest BCUT2D eigenvalue weighted by Gasteiger charge is -2.04. The van der Waals surface area contributed by atoms with Gasteiger partial charge in [0.1, 0.15) is 0 Å².